The fourth-order valence-electron chi connectivity index (χ4n) is 3.08. The number of likely N-dealkylation sites (N-methyl/N-ethyl adjacent to an activating group) is 2. The van der Waals surface area contributed by atoms with Gasteiger partial charge in [-0.05, 0) is 58.1 Å². The molecule has 1 unspecified atom stereocenters. The molecule has 0 saturated heterocycles. The first-order valence-corrected chi connectivity index (χ1v) is 7.03. The topological polar surface area (TPSA) is 15.3 Å². The van der Waals surface area contributed by atoms with Crippen molar-refractivity contribution in [3.05, 3.63) is 35.1 Å². The van der Waals surface area contributed by atoms with Crippen molar-refractivity contribution in [1.82, 2.24) is 10.2 Å². The van der Waals surface area contributed by atoms with Gasteiger partial charge in [-0.3, -0.25) is 0 Å². The van der Waals surface area contributed by atoms with Crippen molar-refractivity contribution in [2.24, 2.45) is 0 Å². The van der Waals surface area contributed by atoms with Gasteiger partial charge >= 0.3 is 0 Å². The summed E-state index contributed by atoms with van der Waals surface area (Å²) in [4.78, 5) is 2.26. The Morgan fingerprint density at radius 1 is 1.26 bits per heavy atom. The summed E-state index contributed by atoms with van der Waals surface area (Å²) in [5.74, 6) is -0.127. The van der Waals surface area contributed by atoms with Gasteiger partial charge in [0.2, 0.25) is 0 Å². The quantitative estimate of drug-likeness (QED) is 0.847. The van der Waals surface area contributed by atoms with Crippen LogP contribution in [0.15, 0.2) is 18.2 Å². The highest BCUT2D eigenvalue weighted by molar-refractivity contribution is 5.28. The Labute approximate surface area is 117 Å². The largest absolute Gasteiger partial charge is 0.311 e. The molecule has 0 saturated carbocycles. The van der Waals surface area contributed by atoms with Gasteiger partial charge in [0, 0.05) is 5.54 Å². The van der Waals surface area contributed by atoms with Gasteiger partial charge in [0.1, 0.15) is 5.82 Å². The van der Waals surface area contributed by atoms with Gasteiger partial charge in [-0.1, -0.05) is 26.0 Å². The SMILES string of the molecule is CCC(CC)(C(NC)c1ccc(C)c(F)c1)N(C)C. The summed E-state index contributed by atoms with van der Waals surface area (Å²) in [5.41, 5.74) is 1.71. The highest BCUT2D eigenvalue weighted by atomic mass is 19.1. The molecule has 1 aromatic rings. The molecular weight excluding hydrogens is 239 g/mol. The van der Waals surface area contributed by atoms with Crippen molar-refractivity contribution in [1.29, 1.82) is 0 Å². The third-order valence-corrected chi connectivity index (χ3v) is 4.47. The lowest BCUT2D eigenvalue weighted by Gasteiger charge is -2.45. The van der Waals surface area contributed by atoms with Crippen LogP contribution in [-0.4, -0.2) is 31.6 Å². The normalized spacial score (nSPS) is 13.9. The third kappa shape index (κ3) is 2.98. The average molecular weight is 266 g/mol. The van der Waals surface area contributed by atoms with Crippen molar-refractivity contribution >= 4 is 0 Å². The second-order valence-electron chi connectivity index (χ2n) is 5.44. The lowest BCUT2D eigenvalue weighted by atomic mass is 9.79. The molecule has 1 rings (SSSR count). The molecule has 0 spiro atoms. The molecule has 0 radical (unpaired) electrons. The molecule has 19 heavy (non-hydrogen) atoms. The Morgan fingerprint density at radius 2 is 1.84 bits per heavy atom. The summed E-state index contributed by atoms with van der Waals surface area (Å²) < 4.78 is 13.8. The first-order valence-electron chi connectivity index (χ1n) is 7.03. The number of halogens is 1. The van der Waals surface area contributed by atoms with E-state index in [1.165, 1.54) is 0 Å². The van der Waals surface area contributed by atoms with Gasteiger partial charge < -0.3 is 10.2 Å². The lowest BCUT2D eigenvalue weighted by molar-refractivity contribution is 0.0916. The van der Waals surface area contributed by atoms with E-state index in [-0.39, 0.29) is 17.4 Å². The number of hydrogen-bond acceptors (Lipinski definition) is 2. The fraction of sp³-hybridized carbons (Fsp3) is 0.625. The van der Waals surface area contributed by atoms with E-state index in [9.17, 15) is 4.39 Å². The van der Waals surface area contributed by atoms with E-state index in [4.69, 9.17) is 0 Å². The van der Waals surface area contributed by atoms with E-state index in [1.807, 2.05) is 19.2 Å². The molecule has 2 nitrogen and oxygen atoms in total. The summed E-state index contributed by atoms with van der Waals surface area (Å²) in [6.45, 7) is 6.18. The average Bonchev–Trinajstić information content (AvgIpc) is 2.39. The summed E-state index contributed by atoms with van der Waals surface area (Å²) in [6, 6.07) is 5.68. The summed E-state index contributed by atoms with van der Waals surface area (Å²) >= 11 is 0. The second kappa shape index (κ2) is 6.49. The van der Waals surface area contributed by atoms with Gasteiger partial charge in [0.15, 0.2) is 0 Å². The molecule has 0 heterocycles. The van der Waals surface area contributed by atoms with Crippen LogP contribution in [-0.2, 0) is 0 Å². The van der Waals surface area contributed by atoms with Crippen LogP contribution in [0, 0.1) is 12.7 Å². The minimum Gasteiger partial charge on any atom is -0.311 e. The molecule has 0 aromatic heterocycles. The molecule has 0 aliphatic carbocycles. The van der Waals surface area contributed by atoms with E-state index < -0.39 is 0 Å². The second-order valence-corrected chi connectivity index (χ2v) is 5.44. The molecule has 1 atom stereocenters. The number of hydrogen-bond donors (Lipinski definition) is 1. The molecule has 0 bridgehead atoms. The zero-order valence-electron chi connectivity index (χ0n) is 13.0. The summed E-state index contributed by atoms with van der Waals surface area (Å²) in [6.07, 6.45) is 2.02. The monoisotopic (exact) mass is 266 g/mol. The summed E-state index contributed by atoms with van der Waals surface area (Å²) in [7, 11) is 6.15. The Kier molecular flexibility index (Phi) is 5.50. The van der Waals surface area contributed by atoms with Crippen LogP contribution in [0.3, 0.4) is 0 Å². The van der Waals surface area contributed by atoms with Crippen LogP contribution in [0.5, 0.6) is 0 Å². The Morgan fingerprint density at radius 3 is 2.21 bits per heavy atom. The minimum atomic E-state index is -0.127. The van der Waals surface area contributed by atoms with E-state index in [2.05, 4.69) is 38.2 Å². The van der Waals surface area contributed by atoms with Gasteiger partial charge in [-0.2, -0.15) is 0 Å². The van der Waals surface area contributed by atoms with E-state index in [0.29, 0.717) is 5.56 Å². The maximum atomic E-state index is 13.8. The van der Waals surface area contributed by atoms with Gasteiger partial charge in [-0.25, -0.2) is 4.39 Å². The Bertz CT molecular complexity index is 411. The van der Waals surface area contributed by atoms with E-state index in [0.717, 1.165) is 18.4 Å². The number of nitrogens with one attached hydrogen (secondary N) is 1. The zero-order valence-corrected chi connectivity index (χ0v) is 13.0. The van der Waals surface area contributed by atoms with Crippen LogP contribution >= 0.6 is 0 Å². The lowest BCUT2D eigenvalue weighted by Crippen LogP contribution is -2.52. The van der Waals surface area contributed by atoms with E-state index in [1.54, 1.807) is 13.0 Å². The molecule has 0 aliphatic heterocycles. The fourth-order valence-corrected chi connectivity index (χ4v) is 3.08. The predicted molar refractivity (Wildman–Crippen MR) is 79.9 cm³/mol. The molecule has 0 aliphatic rings. The predicted octanol–water partition coefficient (Wildman–Crippen LogP) is 3.52. The van der Waals surface area contributed by atoms with Crippen LogP contribution < -0.4 is 5.32 Å². The highest BCUT2D eigenvalue weighted by Gasteiger charge is 2.38. The number of rotatable bonds is 6. The Hall–Kier alpha value is -0.930. The van der Waals surface area contributed by atoms with Crippen molar-refractivity contribution in [2.75, 3.05) is 21.1 Å². The van der Waals surface area contributed by atoms with Gasteiger partial charge in [-0.15, -0.1) is 0 Å². The standard InChI is InChI=1S/C16H27FN2/c1-7-16(8-2,19(5)6)15(18-4)13-10-9-12(3)14(17)11-13/h9-11,15,18H,7-8H2,1-6H3. The van der Waals surface area contributed by atoms with Crippen molar-refractivity contribution in [3.8, 4) is 0 Å². The molecular formula is C16H27FN2. The maximum Gasteiger partial charge on any atom is 0.126 e. The molecule has 3 heteroatoms. The van der Waals surface area contributed by atoms with Crippen molar-refractivity contribution in [3.63, 3.8) is 0 Å². The highest BCUT2D eigenvalue weighted by Crippen LogP contribution is 2.36. The smallest absolute Gasteiger partial charge is 0.126 e. The van der Waals surface area contributed by atoms with Gasteiger partial charge in [0.25, 0.3) is 0 Å². The first kappa shape index (κ1) is 16.1. The Balaban J connectivity index is 3.27. The number of benzene rings is 1. The van der Waals surface area contributed by atoms with Crippen molar-refractivity contribution < 1.29 is 4.39 Å². The molecule has 1 N–H and O–H groups in total. The van der Waals surface area contributed by atoms with Crippen LogP contribution in [0.25, 0.3) is 0 Å². The number of aryl methyl sites for hydroxylation is 1. The molecule has 108 valence electrons. The van der Waals surface area contributed by atoms with Crippen molar-refractivity contribution in [2.45, 2.75) is 45.2 Å². The summed E-state index contributed by atoms with van der Waals surface area (Å²) in [5, 5.41) is 3.38. The van der Waals surface area contributed by atoms with Crippen LogP contribution in [0.2, 0.25) is 0 Å². The molecule has 0 amide bonds. The van der Waals surface area contributed by atoms with E-state index >= 15 is 0 Å². The third-order valence-electron chi connectivity index (χ3n) is 4.47. The van der Waals surface area contributed by atoms with Gasteiger partial charge in [0.05, 0.1) is 6.04 Å². The zero-order chi connectivity index (χ0) is 14.6. The first-order chi connectivity index (χ1) is 8.92. The maximum absolute atomic E-state index is 13.8. The van der Waals surface area contributed by atoms with Crippen LogP contribution in [0.1, 0.15) is 43.9 Å². The number of nitrogens with zero attached hydrogens (tertiary/aromatic N) is 1. The van der Waals surface area contributed by atoms with Crippen LogP contribution in [0.4, 0.5) is 4.39 Å². The minimum absolute atomic E-state index is 0.00352. The molecule has 0 fully saturated rings. The molecule has 1 aromatic carbocycles.